The zero-order chi connectivity index (χ0) is 12.0. The fourth-order valence-electron chi connectivity index (χ4n) is 1.04. The maximum absolute atomic E-state index is 11.3. The topological polar surface area (TPSA) is 84.0 Å². The Morgan fingerprint density at radius 2 is 2.25 bits per heavy atom. The highest BCUT2D eigenvalue weighted by Crippen LogP contribution is 2.15. The van der Waals surface area contributed by atoms with Gasteiger partial charge in [0.2, 0.25) is 10.0 Å². The summed E-state index contributed by atoms with van der Waals surface area (Å²) in [5, 5.41) is 3.19. The molecule has 0 radical (unpaired) electrons. The lowest BCUT2D eigenvalue weighted by atomic mass is 10.5. The molecule has 0 fully saturated rings. The van der Waals surface area contributed by atoms with Crippen LogP contribution in [-0.4, -0.2) is 37.2 Å². The summed E-state index contributed by atoms with van der Waals surface area (Å²) in [6.07, 6.45) is 2.78. The Hall–Kier alpha value is -0.920. The van der Waals surface area contributed by atoms with Crippen molar-refractivity contribution in [2.45, 2.75) is 6.92 Å². The van der Waals surface area contributed by atoms with Gasteiger partial charge in [0, 0.05) is 13.1 Å². The van der Waals surface area contributed by atoms with Crippen LogP contribution in [0.4, 0.5) is 5.82 Å². The number of halogens is 1. The smallest absolute Gasteiger partial charge is 0.213 e. The van der Waals surface area contributed by atoms with Crippen molar-refractivity contribution in [3.8, 4) is 0 Å². The van der Waals surface area contributed by atoms with Crippen LogP contribution in [0.25, 0.3) is 0 Å². The van der Waals surface area contributed by atoms with Crippen LogP contribution in [0.15, 0.2) is 12.5 Å². The molecular formula is C8H13ClN4O2S. The van der Waals surface area contributed by atoms with Crippen molar-refractivity contribution in [1.82, 2.24) is 14.7 Å². The summed E-state index contributed by atoms with van der Waals surface area (Å²) in [5.41, 5.74) is 0. The van der Waals surface area contributed by atoms with Crippen molar-refractivity contribution >= 4 is 27.4 Å². The summed E-state index contributed by atoms with van der Waals surface area (Å²) in [6.45, 7) is 2.36. The van der Waals surface area contributed by atoms with Gasteiger partial charge in [0.15, 0.2) is 0 Å². The zero-order valence-electron chi connectivity index (χ0n) is 8.77. The first kappa shape index (κ1) is 13.1. The first-order chi connectivity index (χ1) is 7.55. The van der Waals surface area contributed by atoms with Crippen molar-refractivity contribution in [2.24, 2.45) is 0 Å². The molecule has 1 heterocycles. The normalized spacial score (nSPS) is 11.4. The van der Waals surface area contributed by atoms with Crippen LogP contribution in [-0.2, 0) is 10.0 Å². The van der Waals surface area contributed by atoms with Gasteiger partial charge in [-0.2, -0.15) is 0 Å². The van der Waals surface area contributed by atoms with Crippen LogP contribution in [0.3, 0.4) is 0 Å². The fraction of sp³-hybridized carbons (Fsp3) is 0.500. The van der Waals surface area contributed by atoms with E-state index in [1.807, 2.05) is 0 Å². The zero-order valence-corrected chi connectivity index (χ0v) is 10.3. The molecule has 0 aliphatic carbocycles. The molecule has 0 atom stereocenters. The van der Waals surface area contributed by atoms with Crippen molar-refractivity contribution in [2.75, 3.05) is 24.2 Å². The molecule has 1 rings (SSSR count). The Kier molecular flexibility index (Phi) is 4.91. The summed E-state index contributed by atoms with van der Waals surface area (Å²) < 4.78 is 25.0. The molecule has 1 aromatic heterocycles. The SMILES string of the molecule is CCNS(=O)(=O)CCNc1ncncc1Cl. The van der Waals surface area contributed by atoms with Crippen LogP contribution >= 0.6 is 11.6 Å². The molecule has 0 bridgehead atoms. The van der Waals surface area contributed by atoms with E-state index in [-0.39, 0.29) is 12.3 Å². The molecule has 0 amide bonds. The lowest BCUT2D eigenvalue weighted by Gasteiger charge is -2.07. The third kappa shape index (κ3) is 4.30. The Balaban J connectivity index is 2.45. The second kappa shape index (κ2) is 5.97. The Labute approximate surface area is 99.5 Å². The van der Waals surface area contributed by atoms with Gasteiger partial charge < -0.3 is 5.32 Å². The molecule has 2 N–H and O–H groups in total. The number of sulfonamides is 1. The van der Waals surface area contributed by atoms with E-state index in [2.05, 4.69) is 20.0 Å². The highest BCUT2D eigenvalue weighted by molar-refractivity contribution is 7.89. The maximum atomic E-state index is 11.3. The molecular weight excluding hydrogens is 252 g/mol. The van der Waals surface area contributed by atoms with Gasteiger partial charge in [0.1, 0.15) is 17.2 Å². The predicted octanol–water partition coefficient (Wildman–Crippen LogP) is 0.481. The van der Waals surface area contributed by atoms with Gasteiger partial charge in [-0.25, -0.2) is 23.1 Å². The standard InChI is InChI=1S/C8H13ClN4O2S/c1-2-13-16(14,15)4-3-11-8-7(9)5-10-6-12-8/h5-6,13H,2-4H2,1H3,(H,10,11,12). The van der Waals surface area contributed by atoms with E-state index in [4.69, 9.17) is 11.6 Å². The van der Waals surface area contributed by atoms with Gasteiger partial charge in [-0.05, 0) is 0 Å². The molecule has 0 aliphatic rings. The number of anilines is 1. The van der Waals surface area contributed by atoms with Gasteiger partial charge in [-0.1, -0.05) is 18.5 Å². The van der Waals surface area contributed by atoms with Crippen LogP contribution in [0.2, 0.25) is 5.02 Å². The highest BCUT2D eigenvalue weighted by Gasteiger charge is 2.08. The first-order valence-corrected chi connectivity index (χ1v) is 6.75. The lowest BCUT2D eigenvalue weighted by molar-refractivity contribution is 0.584. The Bertz CT molecular complexity index is 437. The fourth-order valence-corrected chi connectivity index (χ4v) is 2.17. The second-order valence-corrected chi connectivity index (χ2v) is 5.30. The molecule has 0 unspecified atom stereocenters. The number of hydrogen-bond donors (Lipinski definition) is 2. The van der Waals surface area contributed by atoms with Gasteiger partial charge >= 0.3 is 0 Å². The van der Waals surface area contributed by atoms with Crippen molar-refractivity contribution in [3.05, 3.63) is 17.5 Å². The maximum Gasteiger partial charge on any atom is 0.213 e. The molecule has 8 heteroatoms. The van der Waals surface area contributed by atoms with Gasteiger partial charge in [-0.15, -0.1) is 0 Å². The van der Waals surface area contributed by atoms with Gasteiger partial charge in [0.25, 0.3) is 0 Å². The number of nitrogens with zero attached hydrogens (tertiary/aromatic N) is 2. The van der Waals surface area contributed by atoms with Crippen LogP contribution in [0, 0.1) is 0 Å². The molecule has 0 spiro atoms. The summed E-state index contributed by atoms with van der Waals surface area (Å²) in [7, 11) is -3.21. The van der Waals surface area contributed by atoms with Gasteiger partial charge in [0.05, 0.1) is 11.9 Å². The third-order valence-corrected chi connectivity index (χ3v) is 3.44. The minimum atomic E-state index is -3.21. The molecule has 90 valence electrons. The highest BCUT2D eigenvalue weighted by atomic mass is 35.5. The summed E-state index contributed by atoms with van der Waals surface area (Å²) in [4.78, 5) is 7.59. The monoisotopic (exact) mass is 264 g/mol. The lowest BCUT2D eigenvalue weighted by Crippen LogP contribution is -2.29. The number of rotatable bonds is 6. The minimum Gasteiger partial charge on any atom is -0.368 e. The van der Waals surface area contributed by atoms with Crippen LogP contribution < -0.4 is 10.0 Å². The molecule has 1 aromatic rings. The first-order valence-electron chi connectivity index (χ1n) is 4.72. The van der Waals surface area contributed by atoms with E-state index in [9.17, 15) is 8.42 Å². The largest absolute Gasteiger partial charge is 0.368 e. The van der Waals surface area contributed by atoms with E-state index in [1.165, 1.54) is 12.5 Å². The van der Waals surface area contributed by atoms with Crippen LogP contribution in [0.1, 0.15) is 6.92 Å². The molecule has 0 saturated heterocycles. The number of hydrogen-bond acceptors (Lipinski definition) is 5. The summed E-state index contributed by atoms with van der Waals surface area (Å²) in [5.74, 6) is 0.407. The quantitative estimate of drug-likeness (QED) is 0.781. The Morgan fingerprint density at radius 1 is 1.50 bits per heavy atom. The van der Waals surface area contributed by atoms with Crippen molar-refractivity contribution in [1.29, 1.82) is 0 Å². The molecule has 0 saturated carbocycles. The molecule has 16 heavy (non-hydrogen) atoms. The van der Waals surface area contributed by atoms with Crippen molar-refractivity contribution < 1.29 is 8.42 Å². The predicted molar refractivity (Wildman–Crippen MR) is 63.0 cm³/mol. The molecule has 6 nitrogen and oxygen atoms in total. The van der Waals surface area contributed by atoms with E-state index in [0.717, 1.165) is 0 Å². The van der Waals surface area contributed by atoms with E-state index < -0.39 is 10.0 Å². The molecule has 0 aliphatic heterocycles. The van der Waals surface area contributed by atoms with Gasteiger partial charge in [-0.3, -0.25) is 0 Å². The third-order valence-electron chi connectivity index (χ3n) is 1.70. The minimum absolute atomic E-state index is 0.0266. The van der Waals surface area contributed by atoms with Crippen LogP contribution in [0.5, 0.6) is 0 Å². The Morgan fingerprint density at radius 3 is 2.88 bits per heavy atom. The average Bonchev–Trinajstić information content (AvgIpc) is 2.20. The van der Waals surface area contributed by atoms with E-state index >= 15 is 0 Å². The van der Waals surface area contributed by atoms with E-state index in [1.54, 1.807) is 6.92 Å². The second-order valence-electron chi connectivity index (χ2n) is 2.96. The van der Waals surface area contributed by atoms with Crippen molar-refractivity contribution in [3.63, 3.8) is 0 Å². The summed E-state index contributed by atoms with van der Waals surface area (Å²) >= 11 is 5.78. The number of nitrogens with one attached hydrogen (secondary N) is 2. The average molecular weight is 265 g/mol. The molecule has 0 aromatic carbocycles. The summed E-state index contributed by atoms with van der Waals surface area (Å²) in [6, 6.07) is 0. The number of aromatic nitrogens is 2. The van der Waals surface area contributed by atoms with E-state index in [0.29, 0.717) is 17.4 Å².